The molecule has 7 heteroatoms. The zero-order valence-corrected chi connectivity index (χ0v) is 10.7. The fraction of sp³-hybridized carbons (Fsp3) is 1.00. The first kappa shape index (κ1) is 13.2. The molecule has 0 bridgehead atoms. The number of nitrogens with one attached hydrogen (secondary N) is 2. The first-order valence-electron chi connectivity index (χ1n) is 6.07. The Morgan fingerprint density at radius 2 is 2.24 bits per heavy atom. The van der Waals surface area contributed by atoms with Gasteiger partial charge in [0.15, 0.2) is 0 Å². The van der Waals surface area contributed by atoms with E-state index in [0.717, 1.165) is 19.4 Å². The first-order chi connectivity index (χ1) is 8.18. The number of ether oxygens (including phenoxy) is 2. The van der Waals surface area contributed by atoms with Crippen LogP contribution < -0.4 is 10.0 Å². The van der Waals surface area contributed by atoms with Crippen LogP contribution in [0.1, 0.15) is 12.8 Å². The predicted octanol–water partition coefficient (Wildman–Crippen LogP) is -0.927. The van der Waals surface area contributed by atoms with Crippen molar-refractivity contribution in [2.45, 2.75) is 24.2 Å². The van der Waals surface area contributed by atoms with E-state index in [-0.39, 0.29) is 11.4 Å². The van der Waals surface area contributed by atoms with E-state index in [1.54, 1.807) is 0 Å². The third-order valence-electron chi connectivity index (χ3n) is 3.09. The van der Waals surface area contributed by atoms with Gasteiger partial charge >= 0.3 is 0 Å². The molecule has 0 aromatic carbocycles. The zero-order valence-electron chi connectivity index (χ0n) is 9.85. The Hall–Kier alpha value is -0.210. The monoisotopic (exact) mass is 264 g/mol. The third kappa shape index (κ3) is 3.89. The van der Waals surface area contributed by atoms with Gasteiger partial charge in [0, 0.05) is 13.1 Å². The molecule has 0 saturated carbocycles. The minimum absolute atomic E-state index is 0.157. The Morgan fingerprint density at radius 3 is 2.88 bits per heavy atom. The standard InChI is InChI=1S/C10H20N2O4S/c13-17(14,10-2-1-3-11-7-10)12-6-9-8-15-4-5-16-9/h9-12H,1-8H2. The van der Waals surface area contributed by atoms with Gasteiger partial charge in [0.25, 0.3) is 0 Å². The molecule has 0 radical (unpaired) electrons. The number of hydrogen-bond donors (Lipinski definition) is 2. The van der Waals surface area contributed by atoms with E-state index in [4.69, 9.17) is 9.47 Å². The van der Waals surface area contributed by atoms with Crippen LogP contribution in [0.15, 0.2) is 0 Å². The lowest BCUT2D eigenvalue weighted by Crippen LogP contribution is -2.47. The molecule has 2 rings (SSSR count). The highest BCUT2D eigenvalue weighted by Crippen LogP contribution is 2.10. The SMILES string of the molecule is O=S(=O)(NCC1COCCO1)C1CCCNC1. The van der Waals surface area contributed by atoms with E-state index in [0.29, 0.717) is 32.9 Å². The molecule has 17 heavy (non-hydrogen) atoms. The molecule has 0 spiro atoms. The molecule has 2 aliphatic heterocycles. The number of rotatable bonds is 4. The molecule has 2 saturated heterocycles. The van der Waals surface area contributed by atoms with Gasteiger partial charge in [-0.1, -0.05) is 0 Å². The van der Waals surface area contributed by atoms with E-state index in [1.165, 1.54) is 0 Å². The smallest absolute Gasteiger partial charge is 0.215 e. The Labute approximate surface area is 102 Å². The average Bonchev–Trinajstić information content (AvgIpc) is 2.39. The van der Waals surface area contributed by atoms with Crippen LogP contribution in [0.3, 0.4) is 0 Å². The summed E-state index contributed by atoms with van der Waals surface area (Å²) >= 11 is 0. The second-order valence-electron chi connectivity index (χ2n) is 4.43. The van der Waals surface area contributed by atoms with Crippen molar-refractivity contribution in [2.75, 3.05) is 39.5 Å². The fourth-order valence-electron chi connectivity index (χ4n) is 2.07. The Bertz CT molecular complexity index is 321. The minimum Gasteiger partial charge on any atom is -0.376 e. The van der Waals surface area contributed by atoms with Crippen molar-refractivity contribution in [1.29, 1.82) is 0 Å². The van der Waals surface area contributed by atoms with Gasteiger partial charge in [-0.05, 0) is 19.4 Å². The number of piperidine rings is 1. The molecule has 0 aromatic heterocycles. The van der Waals surface area contributed by atoms with Crippen molar-refractivity contribution in [1.82, 2.24) is 10.0 Å². The van der Waals surface area contributed by atoms with Gasteiger partial charge in [0.05, 0.1) is 31.2 Å². The largest absolute Gasteiger partial charge is 0.376 e. The van der Waals surface area contributed by atoms with Crippen molar-refractivity contribution >= 4 is 10.0 Å². The molecule has 2 atom stereocenters. The molecule has 2 heterocycles. The van der Waals surface area contributed by atoms with Crippen molar-refractivity contribution in [3.8, 4) is 0 Å². The Balaban J connectivity index is 1.79. The molecule has 100 valence electrons. The molecular weight excluding hydrogens is 244 g/mol. The number of sulfonamides is 1. The summed E-state index contributed by atoms with van der Waals surface area (Å²) in [6.07, 6.45) is 1.48. The first-order valence-corrected chi connectivity index (χ1v) is 7.61. The predicted molar refractivity (Wildman–Crippen MR) is 63.4 cm³/mol. The van der Waals surface area contributed by atoms with Crippen molar-refractivity contribution in [3.05, 3.63) is 0 Å². The highest BCUT2D eigenvalue weighted by atomic mass is 32.2. The normalized spacial score (nSPS) is 31.3. The second kappa shape index (κ2) is 6.10. The van der Waals surface area contributed by atoms with Crippen LogP contribution in [-0.4, -0.2) is 59.2 Å². The van der Waals surface area contributed by atoms with E-state index in [2.05, 4.69) is 10.0 Å². The zero-order chi connectivity index (χ0) is 12.1. The molecule has 0 amide bonds. The van der Waals surface area contributed by atoms with Gasteiger partial charge in [-0.3, -0.25) is 0 Å². The van der Waals surface area contributed by atoms with E-state index >= 15 is 0 Å². The third-order valence-corrected chi connectivity index (χ3v) is 4.94. The van der Waals surface area contributed by atoms with Crippen LogP contribution in [0.5, 0.6) is 0 Å². The minimum atomic E-state index is -3.23. The molecule has 2 fully saturated rings. The highest BCUT2D eigenvalue weighted by Gasteiger charge is 2.28. The van der Waals surface area contributed by atoms with Crippen molar-refractivity contribution < 1.29 is 17.9 Å². The van der Waals surface area contributed by atoms with Gasteiger partial charge in [-0.2, -0.15) is 0 Å². The van der Waals surface area contributed by atoms with E-state index < -0.39 is 10.0 Å². The summed E-state index contributed by atoms with van der Waals surface area (Å²) in [5.74, 6) is 0. The number of hydrogen-bond acceptors (Lipinski definition) is 5. The molecule has 0 aliphatic carbocycles. The average molecular weight is 264 g/mol. The van der Waals surface area contributed by atoms with E-state index in [9.17, 15) is 8.42 Å². The van der Waals surface area contributed by atoms with Crippen LogP contribution in [-0.2, 0) is 19.5 Å². The summed E-state index contributed by atoms with van der Waals surface area (Å²) in [6.45, 7) is 3.35. The van der Waals surface area contributed by atoms with Crippen molar-refractivity contribution in [3.63, 3.8) is 0 Å². The van der Waals surface area contributed by atoms with Crippen LogP contribution in [0.4, 0.5) is 0 Å². The summed E-state index contributed by atoms with van der Waals surface area (Å²) in [6, 6.07) is 0. The maximum Gasteiger partial charge on any atom is 0.215 e. The van der Waals surface area contributed by atoms with Gasteiger partial charge in [0.2, 0.25) is 10.0 Å². The summed E-state index contributed by atoms with van der Waals surface area (Å²) in [5.41, 5.74) is 0. The van der Waals surface area contributed by atoms with Crippen LogP contribution in [0.2, 0.25) is 0 Å². The highest BCUT2D eigenvalue weighted by molar-refractivity contribution is 7.90. The van der Waals surface area contributed by atoms with Crippen LogP contribution >= 0.6 is 0 Å². The summed E-state index contributed by atoms with van der Waals surface area (Å²) < 4.78 is 37.2. The van der Waals surface area contributed by atoms with Crippen LogP contribution in [0, 0.1) is 0 Å². The molecule has 0 aromatic rings. The Morgan fingerprint density at radius 1 is 1.35 bits per heavy atom. The topological polar surface area (TPSA) is 76.7 Å². The molecule has 2 N–H and O–H groups in total. The molecule has 2 aliphatic rings. The Kier molecular flexibility index (Phi) is 4.75. The molecule has 6 nitrogen and oxygen atoms in total. The molecule has 2 unspecified atom stereocenters. The van der Waals surface area contributed by atoms with Gasteiger partial charge in [0.1, 0.15) is 0 Å². The summed E-state index contributed by atoms with van der Waals surface area (Å²) in [5, 5.41) is 2.79. The van der Waals surface area contributed by atoms with Gasteiger partial charge in [-0.15, -0.1) is 0 Å². The molecular formula is C10H20N2O4S. The maximum atomic E-state index is 12.0. The summed E-state index contributed by atoms with van der Waals surface area (Å²) in [7, 11) is -3.23. The quantitative estimate of drug-likeness (QED) is 0.686. The summed E-state index contributed by atoms with van der Waals surface area (Å²) in [4.78, 5) is 0. The second-order valence-corrected chi connectivity index (χ2v) is 6.47. The lowest BCUT2D eigenvalue weighted by molar-refractivity contribution is -0.0847. The maximum absolute atomic E-state index is 12.0. The van der Waals surface area contributed by atoms with Crippen LogP contribution in [0.25, 0.3) is 0 Å². The lowest BCUT2D eigenvalue weighted by Gasteiger charge is -2.26. The lowest BCUT2D eigenvalue weighted by atomic mass is 10.2. The van der Waals surface area contributed by atoms with E-state index in [1.807, 2.05) is 0 Å². The van der Waals surface area contributed by atoms with Gasteiger partial charge < -0.3 is 14.8 Å². The van der Waals surface area contributed by atoms with Gasteiger partial charge in [-0.25, -0.2) is 13.1 Å². The van der Waals surface area contributed by atoms with Crippen molar-refractivity contribution in [2.24, 2.45) is 0 Å². The fourth-order valence-corrected chi connectivity index (χ4v) is 3.53.